The van der Waals surface area contributed by atoms with Crippen LogP contribution in [0.2, 0.25) is 0 Å². The standard InChI is InChI=1S/C33H37N5O8S/c1-19(2)47(42,43)29-13-11-23(36-33(41)46-5)17-25(29)26-7-6-14-38(26)32(40)30(20-9-12-27(44-3)28(15-20)45-4)35-22-10-8-21-18-34-37-31(39)24(21)16-22/h8-13,15-19,26,30,35H,6-7,14H2,1-5H3,(H,36,41)(H,37,39)/t26?,30-/m1/s1. The summed E-state index contributed by atoms with van der Waals surface area (Å²) in [7, 11) is 0.471. The number of fused-ring (bicyclic) bond motifs is 1. The van der Waals surface area contributed by atoms with Gasteiger partial charge in [-0.25, -0.2) is 18.3 Å². The molecule has 3 N–H and O–H groups in total. The van der Waals surface area contributed by atoms with Crippen molar-refractivity contribution < 1.29 is 32.2 Å². The largest absolute Gasteiger partial charge is 0.493 e. The Labute approximate surface area is 272 Å². The molecule has 0 saturated carbocycles. The second-order valence-electron chi connectivity index (χ2n) is 11.3. The Hall–Kier alpha value is -5.11. The molecule has 5 rings (SSSR count). The highest BCUT2D eigenvalue weighted by molar-refractivity contribution is 7.92. The maximum Gasteiger partial charge on any atom is 0.411 e. The minimum atomic E-state index is -3.77. The van der Waals surface area contributed by atoms with Gasteiger partial charge in [0, 0.05) is 23.3 Å². The number of H-pyrrole nitrogens is 1. The van der Waals surface area contributed by atoms with Gasteiger partial charge < -0.3 is 24.4 Å². The molecule has 2 heterocycles. The molecule has 2 amide bonds. The molecule has 1 aliphatic heterocycles. The molecule has 2 atom stereocenters. The van der Waals surface area contributed by atoms with Crippen molar-refractivity contribution in [2.24, 2.45) is 0 Å². The highest BCUT2D eigenvalue weighted by Gasteiger charge is 2.38. The van der Waals surface area contributed by atoms with Crippen LogP contribution in [0.3, 0.4) is 0 Å². The van der Waals surface area contributed by atoms with Gasteiger partial charge in [0.05, 0.1) is 49.1 Å². The van der Waals surface area contributed by atoms with Gasteiger partial charge >= 0.3 is 6.09 Å². The number of carbonyl (C=O) groups excluding carboxylic acids is 2. The molecular weight excluding hydrogens is 626 g/mol. The number of anilines is 2. The lowest BCUT2D eigenvalue weighted by Crippen LogP contribution is -2.38. The Balaban J connectivity index is 1.61. The highest BCUT2D eigenvalue weighted by Crippen LogP contribution is 2.41. The summed E-state index contributed by atoms with van der Waals surface area (Å²) < 4.78 is 42.8. The highest BCUT2D eigenvalue weighted by atomic mass is 32.2. The number of methoxy groups -OCH3 is 3. The van der Waals surface area contributed by atoms with Crippen LogP contribution in [-0.4, -0.2) is 68.6 Å². The monoisotopic (exact) mass is 663 g/mol. The summed E-state index contributed by atoms with van der Waals surface area (Å²) >= 11 is 0. The molecule has 0 bridgehead atoms. The number of sulfone groups is 1. The van der Waals surface area contributed by atoms with Gasteiger partial charge in [-0.05, 0) is 80.3 Å². The van der Waals surface area contributed by atoms with Gasteiger partial charge in [0.25, 0.3) is 5.56 Å². The SMILES string of the molecule is COC(=O)Nc1ccc(S(=O)(=O)C(C)C)c(C2CCCN2C(=O)[C@H](Nc2ccc3cn[nH]c(=O)c3c2)c2ccc(OC)c(OC)c2)c1. The summed E-state index contributed by atoms with van der Waals surface area (Å²) in [6.45, 7) is 3.55. The van der Waals surface area contributed by atoms with Gasteiger partial charge in [-0.2, -0.15) is 5.10 Å². The van der Waals surface area contributed by atoms with Crippen LogP contribution in [0.4, 0.5) is 16.2 Å². The molecule has 1 aromatic heterocycles. The average molecular weight is 664 g/mol. The van der Waals surface area contributed by atoms with E-state index in [-0.39, 0.29) is 16.4 Å². The smallest absolute Gasteiger partial charge is 0.411 e. The maximum atomic E-state index is 14.7. The van der Waals surface area contributed by atoms with Crippen LogP contribution in [0.25, 0.3) is 10.8 Å². The first-order chi connectivity index (χ1) is 22.5. The summed E-state index contributed by atoms with van der Waals surface area (Å²) in [6, 6.07) is 13.2. The number of nitrogens with one attached hydrogen (secondary N) is 3. The van der Waals surface area contributed by atoms with E-state index in [0.29, 0.717) is 64.2 Å². The predicted octanol–water partition coefficient (Wildman–Crippen LogP) is 4.82. The van der Waals surface area contributed by atoms with E-state index in [1.165, 1.54) is 39.7 Å². The fourth-order valence-corrected chi connectivity index (χ4v) is 7.04. The van der Waals surface area contributed by atoms with Crippen LogP contribution < -0.4 is 25.7 Å². The zero-order valence-electron chi connectivity index (χ0n) is 26.7. The van der Waals surface area contributed by atoms with Crippen molar-refractivity contribution in [3.63, 3.8) is 0 Å². The number of ether oxygens (including phenoxy) is 3. The average Bonchev–Trinajstić information content (AvgIpc) is 3.57. The van der Waals surface area contributed by atoms with Gasteiger partial charge in [0.2, 0.25) is 5.91 Å². The second-order valence-corrected chi connectivity index (χ2v) is 13.8. The molecule has 1 saturated heterocycles. The summed E-state index contributed by atoms with van der Waals surface area (Å²) in [5.74, 6) is 0.558. The first kappa shape index (κ1) is 33.3. The van der Waals surface area contributed by atoms with Gasteiger partial charge in [-0.1, -0.05) is 12.1 Å². The summed E-state index contributed by atoms with van der Waals surface area (Å²) in [6.07, 6.45) is 1.93. The van der Waals surface area contributed by atoms with E-state index in [1.54, 1.807) is 61.2 Å². The molecule has 248 valence electrons. The number of aromatic nitrogens is 2. The molecule has 4 aromatic rings. The molecule has 1 unspecified atom stereocenters. The number of aromatic amines is 1. The van der Waals surface area contributed by atoms with E-state index < -0.39 is 33.3 Å². The number of hydrogen-bond acceptors (Lipinski definition) is 10. The third-order valence-electron chi connectivity index (χ3n) is 8.23. The number of nitrogens with zero attached hydrogens (tertiary/aromatic N) is 2. The normalized spacial score (nSPS) is 15.4. The van der Waals surface area contributed by atoms with Crippen LogP contribution in [0.15, 0.2) is 70.5 Å². The van der Waals surface area contributed by atoms with Crippen molar-refractivity contribution in [2.75, 3.05) is 38.5 Å². The zero-order valence-corrected chi connectivity index (χ0v) is 27.5. The Morgan fingerprint density at radius 1 is 0.979 bits per heavy atom. The minimum absolute atomic E-state index is 0.0885. The van der Waals surface area contributed by atoms with Gasteiger partial charge in [0.15, 0.2) is 21.3 Å². The molecule has 13 nitrogen and oxygen atoms in total. The number of carbonyl (C=O) groups is 2. The van der Waals surface area contributed by atoms with Crippen molar-refractivity contribution in [1.82, 2.24) is 15.1 Å². The topological polar surface area (TPSA) is 169 Å². The van der Waals surface area contributed by atoms with Crippen LogP contribution >= 0.6 is 0 Å². The van der Waals surface area contributed by atoms with Crippen molar-refractivity contribution in [2.45, 2.75) is 48.9 Å². The molecule has 47 heavy (non-hydrogen) atoms. The minimum Gasteiger partial charge on any atom is -0.493 e. The quantitative estimate of drug-likeness (QED) is 0.214. The van der Waals surface area contributed by atoms with Crippen LogP contribution in [0.5, 0.6) is 11.5 Å². The molecule has 0 radical (unpaired) electrons. The Morgan fingerprint density at radius 2 is 1.72 bits per heavy atom. The van der Waals surface area contributed by atoms with E-state index in [2.05, 4.69) is 20.8 Å². The Bertz CT molecular complexity index is 1980. The summed E-state index contributed by atoms with van der Waals surface area (Å²) in [5.41, 5.74) is 1.41. The number of benzene rings is 3. The van der Waals surface area contributed by atoms with Crippen molar-refractivity contribution in [3.8, 4) is 11.5 Å². The van der Waals surface area contributed by atoms with E-state index in [9.17, 15) is 22.8 Å². The molecule has 1 fully saturated rings. The fraction of sp³-hybridized carbons (Fsp3) is 0.333. The first-order valence-electron chi connectivity index (χ1n) is 15.0. The van der Waals surface area contributed by atoms with E-state index in [1.807, 2.05) is 0 Å². The van der Waals surface area contributed by atoms with Crippen LogP contribution in [-0.2, 0) is 19.4 Å². The predicted molar refractivity (Wildman–Crippen MR) is 177 cm³/mol. The van der Waals surface area contributed by atoms with Crippen LogP contribution in [0.1, 0.15) is 49.9 Å². The van der Waals surface area contributed by atoms with E-state index >= 15 is 0 Å². The Kier molecular flexibility index (Phi) is 9.70. The first-order valence-corrected chi connectivity index (χ1v) is 16.5. The molecule has 1 aliphatic rings. The van der Waals surface area contributed by atoms with Crippen molar-refractivity contribution in [3.05, 3.63) is 82.3 Å². The lowest BCUT2D eigenvalue weighted by atomic mass is 10.0. The number of amides is 2. The lowest BCUT2D eigenvalue weighted by Gasteiger charge is -2.32. The second kappa shape index (κ2) is 13.7. The molecule has 0 aliphatic carbocycles. The number of rotatable bonds is 10. The molecular formula is C33H37N5O8S. The summed E-state index contributed by atoms with van der Waals surface area (Å²) in [5, 5.41) is 12.5. The lowest BCUT2D eigenvalue weighted by molar-refractivity contribution is -0.133. The van der Waals surface area contributed by atoms with Crippen molar-refractivity contribution >= 4 is 44.0 Å². The third kappa shape index (κ3) is 6.73. The Morgan fingerprint density at radius 3 is 2.43 bits per heavy atom. The van der Waals surface area contributed by atoms with Gasteiger partial charge in [0.1, 0.15) is 6.04 Å². The molecule has 3 aromatic carbocycles. The summed E-state index contributed by atoms with van der Waals surface area (Å²) in [4.78, 5) is 41.0. The molecule has 14 heteroatoms. The maximum absolute atomic E-state index is 14.7. The molecule has 0 spiro atoms. The number of likely N-dealkylation sites (tertiary alicyclic amines) is 1. The van der Waals surface area contributed by atoms with Crippen molar-refractivity contribution in [1.29, 1.82) is 0 Å². The van der Waals surface area contributed by atoms with E-state index in [4.69, 9.17) is 14.2 Å². The zero-order chi connectivity index (χ0) is 33.9. The fourth-order valence-electron chi connectivity index (χ4n) is 5.75. The van der Waals surface area contributed by atoms with Gasteiger partial charge in [-0.15, -0.1) is 0 Å². The third-order valence-corrected chi connectivity index (χ3v) is 10.5. The van der Waals surface area contributed by atoms with Crippen LogP contribution in [0, 0.1) is 0 Å². The van der Waals surface area contributed by atoms with E-state index in [0.717, 1.165) is 0 Å². The number of hydrogen-bond donors (Lipinski definition) is 3. The van der Waals surface area contributed by atoms with Gasteiger partial charge in [-0.3, -0.25) is 14.9 Å².